The monoisotopic (exact) mass is 657 g/mol. The molecule has 1 aromatic heterocycles. The lowest BCUT2D eigenvalue weighted by Gasteiger charge is -2.60. The molecule has 7 rings (SSSR count). The van der Waals surface area contributed by atoms with E-state index in [9.17, 15) is 9.59 Å². The number of halogens is 2. The fourth-order valence-electron chi connectivity index (χ4n) is 10.5. The molecule has 5 fully saturated rings. The molecule has 3 N–H and O–H groups in total. The maximum absolute atomic E-state index is 16.8. The second-order valence-corrected chi connectivity index (χ2v) is 15.6. The van der Waals surface area contributed by atoms with Crippen molar-refractivity contribution >= 4 is 11.9 Å². The summed E-state index contributed by atoms with van der Waals surface area (Å²) in [5.74, 6) is -0.614. The van der Waals surface area contributed by atoms with E-state index in [1.54, 1.807) is 6.20 Å². The molecule has 5 aliphatic heterocycles. The van der Waals surface area contributed by atoms with Gasteiger partial charge in [0.1, 0.15) is 12.3 Å². The van der Waals surface area contributed by atoms with Crippen molar-refractivity contribution in [2.24, 2.45) is 29.6 Å². The standard InChI is InChI=1S/C34H53F2N9O2/c1-6-27(46)44-19(4)15-42(16-20(44)5)32-24-13-26(36)30-28-21(8-7-9-25(28)35)12-23-14-38-41-43(23)17-22-10-11-37-29(18(2)3)31(22)45(33(24)39-30)34(47)40-32/h6,14,18-22,24-26,28-33,37,39H,1,7-13,15-17H2,2-5H3,(H,40,47). The van der Waals surface area contributed by atoms with Crippen molar-refractivity contribution in [3.8, 4) is 0 Å². The van der Waals surface area contributed by atoms with Crippen LogP contribution in [0.25, 0.3) is 0 Å². The normalized spacial score (nSPS) is 42.7. The van der Waals surface area contributed by atoms with E-state index in [1.165, 1.54) is 6.08 Å². The maximum Gasteiger partial charge on any atom is 0.320 e. The summed E-state index contributed by atoms with van der Waals surface area (Å²) < 4.78 is 34.9. The Hall–Kier alpha value is -2.64. The van der Waals surface area contributed by atoms with Crippen LogP contribution in [0.3, 0.4) is 0 Å². The summed E-state index contributed by atoms with van der Waals surface area (Å²) in [5.41, 5.74) is 0.967. The van der Waals surface area contributed by atoms with Gasteiger partial charge in [-0.3, -0.25) is 15.0 Å². The van der Waals surface area contributed by atoms with Crippen LogP contribution in [0.2, 0.25) is 0 Å². The molecule has 11 nitrogen and oxygen atoms in total. The third-order valence-electron chi connectivity index (χ3n) is 12.4. The summed E-state index contributed by atoms with van der Waals surface area (Å²) in [6, 6.07) is -1.28. The van der Waals surface area contributed by atoms with Crippen molar-refractivity contribution in [2.75, 3.05) is 19.6 Å². The SMILES string of the molecule is C=CC(=O)N1C(C)CN(C2NC(=O)N3C4NC(C(F)CC24)C2C(F)CCCC2Cc2cnnn2CC2CCNC(C(C)C)C23)CC1C. The van der Waals surface area contributed by atoms with E-state index in [0.29, 0.717) is 32.5 Å². The third-order valence-corrected chi connectivity index (χ3v) is 12.4. The second kappa shape index (κ2) is 13.0. The molecule has 260 valence electrons. The van der Waals surface area contributed by atoms with Crippen LogP contribution in [0.4, 0.5) is 13.6 Å². The average Bonchev–Trinajstić information content (AvgIpc) is 3.46. The first kappa shape index (κ1) is 32.9. The number of carbonyl (C=O) groups is 2. The van der Waals surface area contributed by atoms with Crippen LogP contribution in [0.5, 0.6) is 0 Å². The van der Waals surface area contributed by atoms with Gasteiger partial charge >= 0.3 is 6.03 Å². The minimum absolute atomic E-state index is 0.0137. The van der Waals surface area contributed by atoms with Gasteiger partial charge in [0.05, 0.1) is 30.3 Å². The third kappa shape index (κ3) is 5.77. The van der Waals surface area contributed by atoms with Crippen LogP contribution in [0.15, 0.2) is 18.9 Å². The number of piperazine rings is 1. The van der Waals surface area contributed by atoms with Gasteiger partial charge in [0.25, 0.3) is 0 Å². The number of amides is 3. The number of carbonyl (C=O) groups excluding carboxylic acids is 2. The Labute approximate surface area is 277 Å². The molecule has 4 saturated heterocycles. The number of alkyl halides is 2. The first-order valence-electron chi connectivity index (χ1n) is 18.0. The molecule has 47 heavy (non-hydrogen) atoms. The fourth-order valence-corrected chi connectivity index (χ4v) is 10.5. The molecule has 6 aliphatic rings. The molecule has 13 heteroatoms. The quantitative estimate of drug-likeness (QED) is 0.429. The topological polar surface area (TPSA) is 111 Å². The molecule has 0 aromatic carbocycles. The van der Waals surface area contributed by atoms with E-state index in [4.69, 9.17) is 0 Å². The number of hydrogen-bond acceptors (Lipinski definition) is 7. The van der Waals surface area contributed by atoms with E-state index < -0.39 is 36.6 Å². The molecule has 2 bridgehead atoms. The zero-order valence-corrected chi connectivity index (χ0v) is 28.3. The summed E-state index contributed by atoms with van der Waals surface area (Å²) in [6.45, 7) is 14.6. The highest BCUT2D eigenvalue weighted by molar-refractivity contribution is 5.87. The summed E-state index contributed by atoms with van der Waals surface area (Å²) in [6.07, 6.45) is 3.60. The number of piperidine rings is 2. The first-order valence-corrected chi connectivity index (χ1v) is 18.0. The zero-order valence-electron chi connectivity index (χ0n) is 28.3. The van der Waals surface area contributed by atoms with E-state index in [1.807, 2.05) is 28.3 Å². The number of urea groups is 1. The summed E-state index contributed by atoms with van der Waals surface area (Å²) in [4.78, 5) is 33.4. The zero-order chi connectivity index (χ0) is 33.1. The Morgan fingerprint density at radius 2 is 1.83 bits per heavy atom. The average molecular weight is 658 g/mol. The molecule has 6 heterocycles. The number of nitrogens with zero attached hydrogens (tertiary/aromatic N) is 6. The van der Waals surface area contributed by atoms with Crippen LogP contribution in [-0.4, -0.2) is 116 Å². The first-order chi connectivity index (χ1) is 22.6. The lowest BCUT2D eigenvalue weighted by molar-refractivity contribution is -0.137. The van der Waals surface area contributed by atoms with E-state index in [-0.39, 0.29) is 66.2 Å². The fraction of sp³-hybridized carbons (Fsp3) is 0.824. The van der Waals surface area contributed by atoms with Gasteiger partial charge in [-0.25, -0.2) is 18.3 Å². The predicted octanol–water partition coefficient (Wildman–Crippen LogP) is 2.69. The maximum atomic E-state index is 16.8. The van der Waals surface area contributed by atoms with Crippen molar-refractivity contribution in [2.45, 2.75) is 128 Å². The molecule has 13 atom stereocenters. The van der Waals surface area contributed by atoms with Crippen LogP contribution in [-0.2, 0) is 17.8 Å². The van der Waals surface area contributed by atoms with Gasteiger partial charge in [-0.2, -0.15) is 0 Å². The van der Waals surface area contributed by atoms with E-state index in [0.717, 1.165) is 31.5 Å². The molecule has 1 aromatic rings. The number of rotatable bonds is 3. The summed E-state index contributed by atoms with van der Waals surface area (Å²) >= 11 is 0. The second-order valence-electron chi connectivity index (χ2n) is 15.6. The molecule has 13 unspecified atom stereocenters. The highest BCUT2D eigenvalue weighted by Gasteiger charge is 2.57. The van der Waals surface area contributed by atoms with Crippen LogP contribution >= 0.6 is 0 Å². The van der Waals surface area contributed by atoms with E-state index >= 15 is 8.78 Å². The highest BCUT2D eigenvalue weighted by atomic mass is 19.1. The van der Waals surface area contributed by atoms with Crippen LogP contribution in [0, 0.1) is 29.6 Å². The molecule has 1 saturated carbocycles. The van der Waals surface area contributed by atoms with Crippen LogP contribution < -0.4 is 16.0 Å². The predicted molar refractivity (Wildman–Crippen MR) is 173 cm³/mol. The van der Waals surface area contributed by atoms with Crippen molar-refractivity contribution in [3.63, 3.8) is 0 Å². The highest BCUT2D eigenvalue weighted by Crippen LogP contribution is 2.45. The molecule has 3 amide bonds. The lowest BCUT2D eigenvalue weighted by Crippen LogP contribution is -2.80. The minimum Gasteiger partial charge on any atom is -0.331 e. The largest absolute Gasteiger partial charge is 0.331 e. The number of aromatic nitrogens is 3. The molecule has 0 spiro atoms. The van der Waals surface area contributed by atoms with Gasteiger partial charge < -0.3 is 20.4 Å². The molecular weight excluding hydrogens is 604 g/mol. The summed E-state index contributed by atoms with van der Waals surface area (Å²) in [5, 5.41) is 19.6. The van der Waals surface area contributed by atoms with Crippen molar-refractivity contribution < 1.29 is 18.4 Å². The van der Waals surface area contributed by atoms with Gasteiger partial charge in [-0.15, -0.1) is 5.10 Å². The van der Waals surface area contributed by atoms with Gasteiger partial charge in [-0.05, 0) is 70.4 Å². The Balaban J connectivity index is 1.30. The number of fused-ring (bicyclic) bond motifs is 6. The number of hydrogen-bond donors (Lipinski definition) is 3. The minimum atomic E-state index is -1.27. The van der Waals surface area contributed by atoms with Crippen LogP contribution in [0.1, 0.15) is 65.5 Å². The number of nitrogens with one attached hydrogen (secondary N) is 3. The van der Waals surface area contributed by atoms with Gasteiger partial charge in [0.2, 0.25) is 5.91 Å². The molecule has 0 radical (unpaired) electrons. The van der Waals surface area contributed by atoms with Gasteiger partial charge in [-0.1, -0.05) is 32.1 Å². The Bertz CT molecular complexity index is 1320. The molecule has 1 aliphatic carbocycles. The Morgan fingerprint density at radius 1 is 1.06 bits per heavy atom. The van der Waals surface area contributed by atoms with Crippen molar-refractivity contribution in [3.05, 3.63) is 24.5 Å². The van der Waals surface area contributed by atoms with Crippen molar-refractivity contribution in [1.82, 2.24) is 45.6 Å². The Morgan fingerprint density at radius 3 is 2.55 bits per heavy atom. The molecular formula is C34H53F2N9O2. The van der Waals surface area contributed by atoms with Crippen molar-refractivity contribution in [1.29, 1.82) is 0 Å². The van der Waals surface area contributed by atoms with E-state index in [2.05, 4.69) is 51.6 Å². The van der Waals surface area contributed by atoms with Gasteiger partial charge in [0.15, 0.2) is 0 Å². The Kier molecular flexibility index (Phi) is 9.10. The smallest absolute Gasteiger partial charge is 0.320 e. The lowest BCUT2D eigenvalue weighted by atomic mass is 9.68. The van der Waals surface area contributed by atoms with Gasteiger partial charge in [0, 0.05) is 61.6 Å². The summed E-state index contributed by atoms with van der Waals surface area (Å²) in [7, 11) is 0.